The van der Waals surface area contributed by atoms with Gasteiger partial charge in [0.2, 0.25) is 15.9 Å². The molecule has 2 atom stereocenters. The molecule has 0 spiro atoms. The van der Waals surface area contributed by atoms with E-state index in [9.17, 15) is 13.2 Å². The molecule has 0 fully saturated rings. The van der Waals surface area contributed by atoms with Gasteiger partial charge in [0.05, 0.1) is 18.0 Å². The quantitative estimate of drug-likeness (QED) is 0.758. The third kappa shape index (κ3) is 4.87. The molecule has 3 rings (SSSR count). The van der Waals surface area contributed by atoms with Crippen LogP contribution in [0.25, 0.3) is 0 Å². The van der Waals surface area contributed by atoms with Crippen LogP contribution in [0.15, 0.2) is 36.4 Å². The maximum atomic E-state index is 13.0. The molecule has 0 radical (unpaired) electrons. The number of benzene rings is 2. The molecule has 0 bridgehead atoms. The zero-order chi connectivity index (χ0) is 22.1. The van der Waals surface area contributed by atoms with Gasteiger partial charge in [-0.05, 0) is 68.7 Å². The van der Waals surface area contributed by atoms with Crippen molar-refractivity contribution < 1.29 is 22.7 Å². The first kappa shape index (κ1) is 22.0. The van der Waals surface area contributed by atoms with Gasteiger partial charge in [0.15, 0.2) is 11.5 Å². The van der Waals surface area contributed by atoms with Gasteiger partial charge in [0.25, 0.3) is 0 Å². The maximum Gasteiger partial charge on any atom is 0.244 e. The number of amides is 1. The molecule has 2 aromatic carbocycles. The Hall–Kier alpha value is -2.74. The highest BCUT2D eigenvalue weighted by molar-refractivity contribution is 7.92. The smallest absolute Gasteiger partial charge is 0.244 e. The van der Waals surface area contributed by atoms with Crippen molar-refractivity contribution in [2.24, 2.45) is 0 Å². The highest BCUT2D eigenvalue weighted by Crippen LogP contribution is 2.32. The van der Waals surface area contributed by atoms with Gasteiger partial charge in [-0.3, -0.25) is 9.10 Å². The summed E-state index contributed by atoms with van der Waals surface area (Å²) in [5.74, 6) is 0.929. The first-order valence-corrected chi connectivity index (χ1v) is 11.7. The minimum absolute atomic E-state index is 0.337. The average Bonchev–Trinajstić information content (AvgIpc) is 2.65. The second-order valence-corrected chi connectivity index (χ2v) is 9.57. The number of nitrogens with one attached hydrogen (secondary N) is 1. The molecule has 0 saturated heterocycles. The summed E-state index contributed by atoms with van der Waals surface area (Å²) in [5.41, 5.74) is 3.17. The molecular weight excluding hydrogens is 404 g/mol. The van der Waals surface area contributed by atoms with E-state index in [1.807, 2.05) is 45.0 Å². The number of anilines is 1. The van der Waals surface area contributed by atoms with Gasteiger partial charge in [-0.15, -0.1) is 0 Å². The minimum atomic E-state index is -3.67. The van der Waals surface area contributed by atoms with Gasteiger partial charge in [-0.1, -0.05) is 12.1 Å². The zero-order valence-electron chi connectivity index (χ0n) is 17.9. The predicted molar refractivity (Wildman–Crippen MR) is 117 cm³/mol. The summed E-state index contributed by atoms with van der Waals surface area (Å²) in [6, 6.07) is 9.75. The Labute approximate surface area is 178 Å². The summed E-state index contributed by atoms with van der Waals surface area (Å²) >= 11 is 0. The van der Waals surface area contributed by atoms with E-state index in [4.69, 9.17) is 9.47 Å². The molecule has 0 aliphatic carbocycles. The second-order valence-electron chi connectivity index (χ2n) is 7.71. The third-order valence-electron chi connectivity index (χ3n) is 4.97. The van der Waals surface area contributed by atoms with E-state index in [2.05, 4.69) is 5.32 Å². The van der Waals surface area contributed by atoms with Crippen LogP contribution in [0.5, 0.6) is 11.5 Å². The molecule has 162 valence electrons. The monoisotopic (exact) mass is 432 g/mol. The number of rotatable bonds is 6. The highest BCUT2D eigenvalue weighted by Gasteiger charge is 2.30. The zero-order valence-corrected chi connectivity index (χ0v) is 18.7. The lowest BCUT2D eigenvalue weighted by Gasteiger charge is -2.30. The van der Waals surface area contributed by atoms with Crippen molar-refractivity contribution in [1.29, 1.82) is 0 Å². The van der Waals surface area contributed by atoms with Gasteiger partial charge >= 0.3 is 0 Å². The fourth-order valence-corrected chi connectivity index (χ4v) is 4.79. The fourth-order valence-electron chi connectivity index (χ4n) is 3.63. The topological polar surface area (TPSA) is 84.9 Å². The third-order valence-corrected chi connectivity index (χ3v) is 6.22. The van der Waals surface area contributed by atoms with Crippen LogP contribution in [0.2, 0.25) is 0 Å². The van der Waals surface area contributed by atoms with Crippen molar-refractivity contribution in [2.75, 3.05) is 23.8 Å². The minimum Gasteiger partial charge on any atom is -0.486 e. The predicted octanol–water partition coefficient (Wildman–Crippen LogP) is 3.11. The Morgan fingerprint density at radius 3 is 2.20 bits per heavy atom. The number of carbonyl (C=O) groups excluding carboxylic acids is 1. The van der Waals surface area contributed by atoms with Crippen LogP contribution < -0.4 is 19.1 Å². The summed E-state index contributed by atoms with van der Waals surface area (Å²) in [5, 5.41) is 2.91. The van der Waals surface area contributed by atoms with Crippen LogP contribution >= 0.6 is 0 Å². The van der Waals surface area contributed by atoms with Crippen LogP contribution in [0, 0.1) is 13.8 Å². The van der Waals surface area contributed by atoms with Crippen molar-refractivity contribution in [3.05, 3.63) is 53.1 Å². The van der Waals surface area contributed by atoms with Crippen molar-refractivity contribution in [2.45, 2.75) is 39.8 Å². The number of hydrogen-bond acceptors (Lipinski definition) is 5. The standard InChI is InChI=1S/C22H28N2O5S/c1-14-10-15(2)12-19(11-14)24(30(5,26)27)17(4)22(25)23-16(3)18-6-7-20-21(13-18)29-9-8-28-20/h6-7,10-13,16-17H,8-9H2,1-5H3,(H,23,25)/t16-,17-/m0/s1. The molecular formula is C22H28N2O5S. The first-order chi connectivity index (χ1) is 14.1. The number of carbonyl (C=O) groups is 1. The Bertz CT molecular complexity index is 1030. The summed E-state index contributed by atoms with van der Waals surface area (Å²) in [6.45, 7) is 8.21. The Kier molecular flexibility index (Phi) is 6.26. The number of sulfonamides is 1. The second kappa shape index (κ2) is 8.55. The molecule has 30 heavy (non-hydrogen) atoms. The van der Waals surface area contributed by atoms with E-state index in [1.165, 1.54) is 4.31 Å². The van der Waals surface area contributed by atoms with Crippen LogP contribution in [-0.2, 0) is 14.8 Å². The Morgan fingerprint density at radius 2 is 1.60 bits per heavy atom. The van der Waals surface area contributed by atoms with Gasteiger partial charge in [-0.25, -0.2) is 8.42 Å². The lowest BCUT2D eigenvalue weighted by atomic mass is 10.1. The molecule has 1 amide bonds. The Morgan fingerprint density at radius 1 is 1.00 bits per heavy atom. The molecule has 2 aromatic rings. The summed E-state index contributed by atoms with van der Waals surface area (Å²) < 4.78 is 37.4. The Balaban J connectivity index is 1.81. The maximum absolute atomic E-state index is 13.0. The largest absolute Gasteiger partial charge is 0.486 e. The number of hydrogen-bond donors (Lipinski definition) is 1. The van der Waals surface area contributed by atoms with E-state index in [1.54, 1.807) is 19.1 Å². The van der Waals surface area contributed by atoms with Crippen LogP contribution in [0.1, 0.15) is 36.6 Å². The molecule has 0 aromatic heterocycles. The van der Waals surface area contributed by atoms with Gasteiger partial charge in [0, 0.05) is 0 Å². The van der Waals surface area contributed by atoms with E-state index >= 15 is 0 Å². The summed E-state index contributed by atoms with van der Waals surface area (Å²) in [6.07, 6.45) is 1.11. The number of fused-ring (bicyclic) bond motifs is 1. The lowest BCUT2D eigenvalue weighted by Crippen LogP contribution is -2.48. The SMILES string of the molecule is Cc1cc(C)cc(N([C@@H](C)C(=O)N[C@@H](C)c2ccc3c(c2)OCCO3)S(C)(=O)=O)c1. The molecule has 1 heterocycles. The van der Waals surface area contributed by atoms with E-state index < -0.39 is 16.1 Å². The fraction of sp³-hybridized carbons (Fsp3) is 0.409. The normalized spacial score (nSPS) is 15.2. The molecule has 1 aliphatic heterocycles. The van der Waals surface area contributed by atoms with Gasteiger partial charge < -0.3 is 14.8 Å². The van der Waals surface area contributed by atoms with Crippen molar-refractivity contribution in [3.8, 4) is 11.5 Å². The van der Waals surface area contributed by atoms with E-state index in [0.29, 0.717) is 30.4 Å². The van der Waals surface area contributed by atoms with Gasteiger partial charge in [-0.2, -0.15) is 0 Å². The highest BCUT2D eigenvalue weighted by atomic mass is 32.2. The number of ether oxygens (including phenoxy) is 2. The van der Waals surface area contributed by atoms with Crippen molar-refractivity contribution in [1.82, 2.24) is 5.32 Å². The first-order valence-electron chi connectivity index (χ1n) is 9.84. The average molecular weight is 433 g/mol. The van der Waals surface area contributed by atoms with Crippen molar-refractivity contribution >= 4 is 21.6 Å². The van der Waals surface area contributed by atoms with Crippen LogP contribution in [-0.4, -0.2) is 39.8 Å². The lowest BCUT2D eigenvalue weighted by molar-refractivity contribution is -0.122. The molecule has 1 aliphatic rings. The number of nitrogens with zero attached hydrogens (tertiary/aromatic N) is 1. The molecule has 0 saturated carbocycles. The summed E-state index contributed by atoms with van der Waals surface area (Å²) in [7, 11) is -3.67. The molecule has 8 heteroatoms. The van der Waals surface area contributed by atoms with Crippen LogP contribution in [0.3, 0.4) is 0 Å². The van der Waals surface area contributed by atoms with E-state index in [0.717, 1.165) is 22.9 Å². The molecule has 0 unspecified atom stereocenters. The molecule has 1 N–H and O–H groups in total. The van der Waals surface area contributed by atoms with Crippen molar-refractivity contribution in [3.63, 3.8) is 0 Å². The van der Waals surface area contributed by atoms with Crippen LogP contribution in [0.4, 0.5) is 5.69 Å². The summed E-state index contributed by atoms with van der Waals surface area (Å²) in [4.78, 5) is 13.0. The van der Waals surface area contributed by atoms with Gasteiger partial charge in [0.1, 0.15) is 19.3 Å². The number of aryl methyl sites for hydroxylation is 2. The van der Waals surface area contributed by atoms with E-state index in [-0.39, 0.29) is 11.9 Å². The molecule has 7 nitrogen and oxygen atoms in total.